The van der Waals surface area contributed by atoms with Crippen molar-refractivity contribution in [2.75, 3.05) is 7.05 Å². The zero-order chi connectivity index (χ0) is 15.9. The topological polar surface area (TPSA) is 53.5 Å². The molecule has 22 heavy (non-hydrogen) atoms. The van der Waals surface area contributed by atoms with Crippen molar-refractivity contribution in [3.05, 3.63) is 28.0 Å². The smallest absolute Gasteiger partial charge is 0.313 e. The first-order chi connectivity index (χ1) is 10.5. The fourth-order valence-electron chi connectivity index (χ4n) is 3.38. The molecule has 1 aromatic heterocycles. The highest BCUT2D eigenvalue weighted by atomic mass is 35.5. The van der Waals surface area contributed by atoms with Gasteiger partial charge in [-0.25, -0.2) is 4.79 Å². The number of aromatic nitrogens is 1. The van der Waals surface area contributed by atoms with Gasteiger partial charge in [0.2, 0.25) is 0 Å². The number of halogens is 2. The number of likely N-dealkylation sites (N-methyl/N-ethyl adjacent to an activating group) is 1. The number of rotatable bonds is 2. The van der Waals surface area contributed by atoms with Gasteiger partial charge in [-0.05, 0) is 18.9 Å². The maximum Gasteiger partial charge on any atom is 0.327 e. The Hall–Kier alpha value is -1.33. The van der Waals surface area contributed by atoms with Gasteiger partial charge in [-0.3, -0.25) is 14.7 Å². The molecule has 0 unspecified atom stereocenters. The van der Waals surface area contributed by atoms with Gasteiger partial charge in [0, 0.05) is 13.2 Å². The Labute approximate surface area is 139 Å². The third-order valence-electron chi connectivity index (χ3n) is 4.68. The van der Waals surface area contributed by atoms with Gasteiger partial charge in [0.05, 0.1) is 22.3 Å². The van der Waals surface area contributed by atoms with E-state index < -0.39 is 5.54 Å². The van der Waals surface area contributed by atoms with E-state index in [0.717, 1.165) is 32.1 Å². The molecule has 2 fully saturated rings. The van der Waals surface area contributed by atoms with Crippen LogP contribution in [0.1, 0.15) is 37.8 Å². The number of imide groups is 1. The first-order valence-corrected chi connectivity index (χ1v) is 8.11. The van der Waals surface area contributed by atoms with Crippen LogP contribution in [0.2, 0.25) is 10.0 Å². The van der Waals surface area contributed by atoms with Crippen LogP contribution in [0.4, 0.5) is 4.79 Å². The van der Waals surface area contributed by atoms with Crippen LogP contribution >= 0.6 is 23.2 Å². The van der Waals surface area contributed by atoms with Crippen molar-refractivity contribution < 1.29 is 9.59 Å². The minimum atomic E-state index is -0.672. The summed E-state index contributed by atoms with van der Waals surface area (Å²) in [6.07, 6.45) is 5.97. The van der Waals surface area contributed by atoms with E-state index in [1.54, 1.807) is 18.0 Å². The van der Waals surface area contributed by atoms with Crippen molar-refractivity contribution in [3.63, 3.8) is 0 Å². The molecule has 3 rings (SSSR count). The van der Waals surface area contributed by atoms with Crippen LogP contribution in [-0.2, 0) is 11.3 Å². The predicted molar refractivity (Wildman–Crippen MR) is 83.8 cm³/mol. The standard InChI is InChI=1S/C15H17Cl2N3O2/c1-19-14(22)20(9-12-11(17)7-10(16)8-18-12)13(21)15(19)5-3-2-4-6-15/h7-8H,2-6,9H2,1H3. The molecule has 0 aromatic carbocycles. The molecule has 0 radical (unpaired) electrons. The van der Waals surface area contributed by atoms with Crippen molar-refractivity contribution >= 4 is 35.1 Å². The van der Waals surface area contributed by atoms with Gasteiger partial charge in [0.1, 0.15) is 5.54 Å². The molecule has 7 heteroatoms. The second-order valence-electron chi connectivity index (χ2n) is 5.91. The van der Waals surface area contributed by atoms with Crippen LogP contribution in [0.25, 0.3) is 0 Å². The average Bonchev–Trinajstić information content (AvgIpc) is 2.67. The zero-order valence-electron chi connectivity index (χ0n) is 12.3. The minimum Gasteiger partial charge on any atom is -0.313 e. The van der Waals surface area contributed by atoms with Gasteiger partial charge in [0.25, 0.3) is 5.91 Å². The number of urea groups is 1. The molecule has 3 amide bonds. The summed E-state index contributed by atoms with van der Waals surface area (Å²) in [6.45, 7) is 0.0831. The van der Waals surface area contributed by atoms with Gasteiger partial charge < -0.3 is 4.90 Å². The predicted octanol–water partition coefficient (Wildman–Crippen LogP) is 3.49. The van der Waals surface area contributed by atoms with E-state index in [-0.39, 0.29) is 18.5 Å². The van der Waals surface area contributed by atoms with E-state index in [4.69, 9.17) is 23.2 Å². The number of carbonyl (C=O) groups excluding carboxylic acids is 2. The Balaban J connectivity index is 1.88. The van der Waals surface area contributed by atoms with Crippen LogP contribution < -0.4 is 0 Å². The summed E-state index contributed by atoms with van der Waals surface area (Å²) >= 11 is 11.9. The van der Waals surface area contributed by atoms with Crippen LogP contribution in [-0.4, -0.2) is 39.3 Å². The molecule has 1 aromatic rings. The zero-order valence-corrected chi connectivity index (χ0v) is 13.8. The first-order valence-electron chi connectivity index (χ1n) is 7.35. The first kappa shape index (κ1) is 15.6. The SMILES string of the molecule is CN1C(=O)N(Cc2ncc(Cl)cc2Cl)C(=O)C12CCCCC2. The highest BCUT2D eigenvalue weighted by Crippen LogP contribution is 2.40. The molecular weight excluding hydrogens is 325 g/mol. The quantitative estimate of drug-likeness (QED) is 0.773. The summed E-state index contributed by atoms with van der Waals surface area (Å²) in [7, 11) is 1.71. The van der Waals surface area contributed by atoms with Crippen LogP contribution in [0.15, 0.2) is 12.3 Å². The molecule has 0 bridgehead atoms. The lowest BCUT2D eigenvalue weighted by molar-refractivity contribution is -0.134. The van der Waals surface area contributed by atoms with Gasteiger partial charge >= 0.3 is 6.03 Å². The maximum atomic E-state index is 12.9. The van der Waals surface area contributed by atoms with E-state index in [9.17, 15) is 9.59 Å². The van der Waals surface area contributed by atoms with E-state index >= 15 is 0 Å². The van der Waals surface area contributed by atoms with Crippen molar-refractivity contribution in [1.29, 1.82) is 0 Å². The number of nitrogens with zero attached hydrogens (tertiary/aromatic N) is 3. The normalized spacial score (nSPS) is 21.0. The van der Waals surface area contributed by atoms with Gasteiger partial charge in [-0.2, -0.15) is 0 Å². The average molecular weight is 342 g/mol. The second-order valence-corrected chi connectivity index (χ2v) is 6.75. The van der Waals surface area contributed by atoms with Crippen molar-refractivity contribution in [2.24, 2.45) is 0 Å². The fourth-order valence-corrected chi connectivity index (χ4v) is 3.82. The van der Waals surface area contributed by atoms with Crippen molar-refractivity contribution in [3.8, 4) is 0 Å². The van der Waals surface area contributed by atoms with E-state index in [0.29, 0.717) is 15.7 Å². The highest BCUT2D eigenvalue weighted by molar-refractivity contribution is 6.34. The van der Waals surface area contributed by atoms with Crippen LogP contribution in [0, 0.1) is 0 Å². The molecule has 0 atom stereocenters. The molecule has 1 saturated carbocycles. The fraction of sp³-hybridized carbons (Fsp3) is 0.533. The Morgan fingerprint density at radius 1 is 1.23 bits per heavy atom. The maximum absolute atomic E-state index is 12.9. The highest BCUT2D eigenvalue weighted by Gasteiger charge is 2.55. The van der Waals surface area contributed by atoms with E-state index in [1.165, 1.54) is 11.1 Å². The monoisotopic (exact) mass is 341 g/mol. The number of pyridine rings is 1. The Bertz CT molecular complexity index is 629. The molecule has 1 spiro atoms. The summed E-state index contributed by atoms with van der Waals surface area (Å²) in [5.74, 6) is -0.132. The molecule has 5 nitrogen and oxygen atoms in total. The summed E-state index contributed by atoms with van der Waals surface area (Å²) in [4.78, 5) is 32.4. The minimum absolute atomic E-state index is 0.0831. The summed E-state index contributed by atoms with van der Waals surface area (Å²) in [5.41, 5.74) is -0.192. The largest absolute Gasteiger partial charge is 0.327 e. The summed E-state index contributed by atoms with van der Waals surface area (Å²) < 4.78 is 0. The number of hydrogen-bond donors (Lipinski definition) is 0. The molecule has 1 aliphatic carbocycles. The summed E-state index contributed by atoms with van der Waals surface area (Å²) in [6, 6.07) is 1.29. The number of carbonyl (C=O) groups is 2. The molecule has 1 saturated heterocycles. The molecule has 2 aliphatic rings. The third-order valence-corrected chi connectivity index (χ3v) is 5.21. The van der Waals surface area contributed by atoms with E-state index in [1.807, 2.05) is 0 Å². The third kappa shape index (κ3) is 2.36. The van der Waals surface area contributed by atoms with Crippen LogP contribution in [0.3, 0.4) is 0 Å². The van der Waals surface area contributed by atoms with Gasteiger partial charge in [-0.15, -0.1) is 0 Å². The molecule has 118 valence electrons. The lowest BCUT2D eigenvalue weighted by Gasteiger charge is -2.35. The van der Waals surface area contributed by atoms with Crippen molar-refractivity contribution in [1.82, 2.24) is 14.8 Å². The Kier molecular flexibility index (Phi) is 4.03. The number of hydrogen-bond acceptors (Lipinski definition) is 3. The van der Waals surface area contributed by atoms with Crippen molar-refractivity contribution in [2.45, 2.75) is 44.2 Å². The Morgan fingerprint density at radius 2 is 1.91 bits per heavy atom. The molecule has 1 aliphatic heterocycles. The lowest BCUT2D eigenvalue weighted by atomic mass is 9.81. The van der Waals surface area contributed by atoms with Gasteiger partial charge in [0.15, 0.2) is 0 Å². The Morgan fingerprint density at radius 3 is 2.55 bits per heavy atom. The molecular formula is C15H17Cl2N3O2. The second kappa shape index (κ2) is 5.70. The summed E-state index contributed by atoms with van der Waals surface area (Å²) in [5, 5.41) is 0.786. The number of amides is 3. The molecule has 0 N–H and O–H groups in total. The lowest BCUT2D eigenvalue weighted by Crippen LogP contribution is -2.49. The van der Waals surface area contributed by atoms with Crippen LogP contribution in [0.5, 0.6) is 0 Å². The van der Waals surface area contributed by atoms with E-state index in [2.05, 4.69) is 4.98 Å². The van der Waals surface area contributed by atoms with Gasteiger partial charge in [-0.1, -0.05) is 42.5 Å². The molecule has 2 heterocycles.